The fourth-order valence-electron chi connectivity index (χ4n) is 3.30. The number of aryl methyl sites for hydroxylation is 1. The zero-order chi connectivity index (χ0) is 21.7. The van der Waals surface area contributed by atoms with Crippen LogP contribution in [0.15, 0.2) is 30.5 Å². The normalized spacial score (nSPS) is 14.4. The first kappa shape index (κ1) is 21.2. The second kappa shape index (κ2) is 9.35. The highest BCUT2D eigenvalue weighted by molar-refractivity contribution is 5.96. The molecule has 1 fully saturated rings. The van der Waals surface area contributed by atoms with Crippen molar-refractivity contribution in [2.75, 3.05) is 46.4 Å². The van der Waals surface area contributed by atoms with Gasteiger partial charge in [0, 0.05) is 70.2 Å². The third kappa shape index (κ3) is 4.92. The Bertz CT molecular complexity index is 935. The second-order valence-corrected chi connectivity index (χ2v) is 6.92. The van der Waals surface area contributed by atoms with Crippen LogP contribution in [0.5, 0.6) is 5.88 Å². The fraction of sp³-hybridized carbons (Fsp3) is 0.421. The number of piperazine rings is 1. The van der Waals surface area contributed by atoms with Crippen molar-refractivity contribution in [1.82, 2.24) is 24.9 Å². The van der Waals surface area contributed by atoms with Gasteiger partial charge in [-0.25, -0.2) is 0 Å². The molecule has 2 heterocycles. The number of amides is 2. The van der Waals surface area contributed by atoms with E-state index < -0.39 is 4.92 Å². The number of rotatable bonds is 7. The molecule has 2 amide bonds. The average molecular weight is 416 g/mol. The average Bonchev–Trinajstić information content (AvgIpc) is 3.14. The summed E-state index contributed by atoms with van der Waals surface area (Å²) in [7, 11) is 3.22. The van der Waals surface area contributed by atoms with E-state index >= 15 is 0 Å². The Hall–Kier alpha value is -3.47. The summed E-state index contributed by atoms with van der Waals surface area (Å²) in [5, 5.41) is 17.7. The number of ether oxygens (including phenoxy) is 1. The van der Waals surface area contributed by atoms with E-state index in [1.165, 1.54) is 25.3 Å². The Kier molecular flexibility index (Phi) is 6.62. The highest BCUT2D eigenvalue weighted by Crippen LogP contribution is 2.18. The molecule has 0 radical (unpaired) electrons. The van der Waals surface area contributed by atoms with E-state index in [-0.39, 0.29) is 23.1 Å². The molecule has 1 aliphatic heterocycles. The number of non-ortho nitro benzene ring substituents is 1. The number of nitro benzene ring substituents is 1. The molecular formula is C19H24N6O5. The lowest BCUT2D eigenvalue weighted by Crippen LogP contribution is -2.50. The summed E-state index contributed by atoms with van der Waals surface area (Å²) in [6.07, 6.45) is 1.65. The topological polar surface area (TPSA) is 123 Å². The van der Waals surface area contributed by atoms with Gasteiger partial charge in [0.1, 0.15) is 5.56 Å². The van der Waals surface area contributed by atoms with E-state index in [2.05, 4.69) is 15.3 Å². The molecule has 1 aromatic heterocycles. The zero-order valence-corrected chi connectivity index (χ0v) is 16.9. The minimum Gasteiger partial charge on any atom is -0.479 e. The first-order valence-electron chi connectivity index (χ1n) is 9.51. The predicted molar refractivity (Wildman–Crippen MR) is 108 cm³/mol. The molecule has 0 aliphatic carbocycles. The molecule has 0 bridgehead atoms. The van der Waals surface area contributed by atoms with E-state index in [4.69, 9.17) is 4.74 Å². The lowest BCUT2D eigenvalue weighted by Gasteiger charge is -2.34. The minimum absolute atomic E-state index is 0.112. The number of nitrogens with one attached hydrogen (secondary N) is 1. The molecule has 3 rings (SSSR count). The third-order valence-corrected chi connectivity index (χ3v) is 4.91. The van der Waals surface area contributed by atoms with Crippen molar-refractivity contribution in [3.8, 4) is 5.88 Å². The molecule has 0 unspecified atom stereocenters. The quantitative estimate of drug-likeness (QED) is 0.516. The van der Waals surface area contributed by atoms with Crippen LogP contribution in [0.3, 0.4) is 0 Å². The summed E-state index contributed by atoms with van der Waals surface area (Å²) in [5.74, 6) is -0.149. The van der Waals surface area contributed by atoms with Gasteiger partial charge in [0.05, 0.1) is 12.0 Å². The lowest BCUT2D eigenvalue weighted by atomic mass is 10.2. The summed E-state index contributed by atoms with van der Waals surface area (Å²) in [6, 6.07) is 5.63. The van der Waals surface area contributed by atoms with Crippen LogP contribution >= 0.6 is 0 Å². The number of nitro groups is 1. The number of hydrogen-bond donors (Lipinski definition) is 1. The standard InChI is InChI=1S/C19H24N6O5/c1-22-13-16(18(21-22)30-2)19(27)24-10-8-23(9-11-24)7-6-20-17(26)14-4-3-5-15(12-14)25(28)29/h3-5,12-13H,6-11H2,1-2H3,(H,20,26). The molecule has 1 aliphatic rings. The van der Waals surface area contributed by atoms with Crippen LogP contribution in [0.2, 0.25) is 0 Å². The van der Waals surface area contributed by atoms with Gasteiger partial charge in [-0.15, -0.1) is 5.10 Å². The van der Waals surface area contributed by atoms with Crippen LogP contribution in [-0.2, 0) is 7.05 Å². The molecule has 1 saturated heterocycles. The number of methoxy groups -OCH3 is 1. The van der Waals surface area contributed by atoms with Gasteiger partial charge in [0.15, 0.2) is 0 Å². The molecule has 0 spiro atoms. The van der Waals surface area contributed by atoms with Gasteiger partial charge in [-0.1, -0.05) is 6.07 Å². The number of hydrogen-bond acceptors (Lipinski definition) is 7. The highest BCUT2D eigenvalue weighted by Gasteiger charge is 2.26. The zero-order valence-electron chi connectivity index (χ0n) is 16.9. The Morgan fingerprint density at radius 3 is 2.67 bits per heavy atom. The molecule has 11 nitrogen and oxygen atoms in total. The van der Waals surface area contributed by atoms with Gasteiger partial charge in [0.2, 0.25) is 5.88 Å². The van der Waals surface area contributed by atoms with Crippen molar-refractivity contribution in [2.45, 2.75) is 0 Å². The number of carbonyl (C=O) groups is 2. The van der Waals surface area contributed by atoms with Gasteiger partial charge < -0.3 is 15.0 Å². The summed E-state index contributed by atoms with van der Waals surface area (Å²) >= 11 is 0. The van der Waals surface area contributed by atoms with Crippen molar-refractivity contribution in [1.29, 1.82) is 0 Å². The number of carbonyl (C=O) groups excluding carboxylic acids is 2. The maximum Gasteiger partial charge on any atom is 0.270 e. The van der Waals surface area contributed by atoms with Crippen molar-refractivity contribution in [3.05, 3.63) is 51.7 Å². The first-order valence-corrected chi connectivity index (χ1v) is 9.51. The summed E-state index contributed by atoms with van der Waals surface area (Å²) < 4.78 is 6.71. The summed E-state index contributed by atoms with van der Waals surface area (Å²) in [5.41, 5.74) is 0.580. The smallest absolute Gasteiger partial charge is 0.270 e. The molecule has 2 aromatic rings. The van der Waals surface area contributed by atoms with E-state index in [0.717, 1.165) is 0 Å². The van der Waals surface area contributed by atoms with Crippen LogP contribution in [0.1, 0.15) is 20.7 Å². The maximum atomic E-state index is 12.7. The SMILES string of the molecule is COc1nn(C)cc1C(=O)N1CCN(CCNC(=O)c2cccc([N+](=O)[O-])c2)CC1. The van der Waals surface area contributed by atoms with Gasteiger partial charge in [-0.05, 0) is 6.07 Å². The van der Waals surface area contributed by atoms with Crippen LogP contribution < -0.4 is 10.1 Å². The fourth-order valence-corrected chi connectivity index (χ4v) is 3.30. The Morgan fingerprint density at radius 2 is 2.00 bits per heavy atom. The molecule has 0 saturated carbocycles. The van der Waals surface area contributed by atoms with Crippen LogP contribution in [0, 0.1) is 10.1 Å². The molecule has 160 valence electrons. The monoisotopic (exact) mass is 416 g/mol. The number of aromatic nitrogens is 2. The van der Waals surface area contributed by atoms with Crippen LogP contribution in [-0.4, -0.2) is 82.7 Å². The Labute approximate surface area is 173 Å². The minimum atomic E-state index is -0.529. The van der Waals surface area contributed by atoms with Crippen molar-refractivity contribution in [3.63, 3.8) is 0 Å². The second-order valence-electron chi connectivity index (χ2n) is 6.92. The molecule has 30 heavy (non-hydrogen) atoms. The Balaban J connectivity index is 1.45. The van der Waals surface area contributed by atoms with Crippen LogP contribution in [0.25, 0.3) is 0 Å². The summed E-state index contributed by atoms with van der Waals surface area (Å²) in [4.78, 5) is 39.1. The van der Waals surface area contributed by atoms with Gasteiger partial charge in [-0.2, -0.15) is 0 Å². The maximum absolute atomic E-state index is 12.7. The summed E-state index contributed by atoms with van der Waals surface area (Å²) in [6.45, 7) is 3.53. The van der Waals surface area contributed by atoms with E-state index in [1.54, 1.807) is 28.9 Å². The third-order valence-electron chi connectivity index (χ3n) is 4.91. The largest absolute Gasteiger partial charge is 0.479 e. The molecular weight excluding hydrogens is 392 g/mol. The van der Waals surface area contributed by atoms with E-state index in [9.17, 15) is 19.7 Å². The van der Waals surface area contributed by atoms with Crippen molar-refractivity contribution >= 4 is 17.5 Å². The highest BCUT2D eigenvalue weighted by atomic mass is 16.6. The van der Waals surface area contributed by atoms with E-state index in [0.29, 0.717) is 50.7 Å². The molecule has 11 heteroatoms. The molecule has 1 N–H and O–H groups in total. The van der Waals surface area contributed by atoms with Gasteiger partial charge in [0.25, 0.3) is 17.5 Å². The molecule has 0 atom stereocenters. The van der Waals surface area contributed by atoms with Gasteiger partial charge in [-0.3, -0.25) is 29.3 Å². The van der Waals surface area contributed by atoms with Crippen LogP contribution in [0.4, 0.5) is 5.69 Å². The van der Waals surface area contributed by atoms with Crippen molar-refractivity contribution in [2.24, 2.45) is 7.05 Å². The number of benzene rings is 1. The Morgan fingerprint density at radius 1 is 1.27 bits per heavy atom. The molecule has 1 aromatic carbocycles. The first-order chi connectivity index (χ1) is 14.4. The van der Waals surface area contributed by atoms with Gasteiger partial charge >= 0.3 is 0 Å². The number of nitrogens with zero attached hydrogens (tertiary/aromatic N) is 5. The van der Waals surface area contributed by atoms with E-state index in [1.807, 2.05) is 0 Å². The van der Waals surface area contributed by atoms with Crippen molar-refractivity contribution < 1.29 is 19.2 Å². The predicted octanol–water partition coefficient (Wildman–Crippen LogP) is 0.525. The lowest BCUT2D eigenvalue weighted by molar-refractivity contribution is -0.384.